The zero-order valence-electron chi connectivity index (χ0n) is 10.5. The van der Waals surface area contributed by atoms with E-state index >= 15 is 0 Å². The van der Waals surface area contributed by atoms with Crippen LogP contribution in [0.2, 0.25) is 0 Å². The van der Waals surface area contributed by atoms with Crippen molar-refractivity contribution >= 4 is 5.91 Å². The first-order valence-corrected chi connectivity index (χ1v) is 5.29. The molecule has 0 saturated heterocycles. The summed E-state index contributed by atoms with van der Waals surface area (Å²) in [6, 6.07) is -0.205. The summed E-state index contributed by atoms with van der Waals surface area (Å²) < 4.78 is 5.05. The maximum atomic E-state index is 11.6. The van der Waals surface area contributed by atoms with Gasteiger partial charge in [0.05, 0.1) is 11.7 Å². The third kappa shape index (κ3) is 2.82. The lowest BCUT2D eigenvalue weighted by Gasteiger charge is -2.17. The van der Waals surface area contributed by atoms with Crippen LogP contribution in [0.15, 0.2) is 4.52 Å². The molecule has 0 saturated carbocycles. The first-order chi connectivity index (χ1) is 7.43. The standard InChI is InChI=1S/C11H19N3O2/c1-7-10(9(3)16-13-7)6-12-8(2)11(15)14(4)5/h8,12H,6H2,1-5H3. The summed E-state index contributed by atoms with van der Waals surface area (Å²) >= 11 is 0. The Bertz CT molecular complexity index is 352. The summed E-state index contributed by atoms with van der Waals surface area (Å²) in [4.78, 5) is 13.2. The van der Waals surface area contributed by atoms with Crippen molar-refractivity contribution in [3.63, 3.8) is 0 Å². The van der Waals surface area contributed by atoms with Crippen molar-refractivity contribution in [3.8, 4) is 0 Å². The predicted molar refractivity (Wildman–Crippen MR) is 61.0 cm³/mol. The Kier molecular flexibility index (Phi) is 4.06. The van der Waals surface area contributed by atoms with Crippen molar-refractivity contribution in [2.75, 3.05) is 14.1 Å². The molecule has 0 aromatic carbocycles. The maximum absolute atomic E-state index is 11.6. The molecule has 0 bridgehead atoms. The minimum Gasteiger partial charge on any atom is -0.361 e. The lowest BCUT2D eigenvalue weighted by molar-refractivity contribution is -0.130. The lowest BCUT2D eigenvalue weighted by Crippen LogP contribution is -2.41. The van der Waals surface area contributed by atoms with Gasteiger partial charge in [0, 0.05) is 26.2 Å². The molecule has 0 radical (unpaired) electrons. The van der Waals surface area contributed by atoms with E-state index < -0.39 is 0 Å². The average Bonchev–Trinajstić information content (AvgIpc) is 2.54. The number of nitrogens with zero attached hydrogens (tertiary/aromatic N) is 2. The number of amides is 1. The molecule has 0 spiro atoms. The molecular weight excluding hydrogens is 206 g/mol. The Hall–Kier alpha value is -1.36. The first kappa shape index (κ1) is 12.7. The molecule has 90 valence electrons. The second-order valence-corrected chi connectivity index (χ2v) is 4.14. The van der Waals surface area contributed by atoms with Crippen LogP contribution in [0.1, 0.15) is 23.9 Å². The van der Waals surface area contributed by atoms with E-state index in [9.17, 15) is 4.79 Å². The third-order valence-electron chi connectivity index (χ3n) is 2.58. The van der Waals surface area contributed by atoms with Crippen LogP contribution in [0.25, 0.3) is 0 Å². The van der Waals surface area contributed by atoms with Gasteiger partial charge in [-0.05, 0) is 20.8 Å². The maximum Gasteiger partial charge on any atom is 0.238 e. The van der Waals surface area contributed by atoms with Crippen LogP contribution in [-0.2, 0) is 11.3 Å². The van der Waals surface area contributed by atoms with Crippen LogP contribution in [0.5, 0.6) is 0 Å². The van der Waals surface area contributed by atoms with E-state index in [2.05, 4.69) is 10.5 Å². The van der Waals surface area contributed by atoms with Crippen LogP contribution < -0.4 is 5.32 Å². The van der Waals surface area contributed by atoms with Gasteiger partial charge in [0.2, 0.25) is 5.91 Å². The van der Waals surface area contributed by atoms with Crippen molar-refractivity contribution in [1.29, 1.82) is 0 Å². The molecule has 0 aliphatic carbocycles. The summed E-state index contributed by atoms with van der Waals surface area (Å²) in [5.41, 5.74) is 1.90. The first-order valence-electron chi connectivity index (χ1n) is 5.29. The van der Waals surface area contributed by atoms with Crippen molar-refractivity contribution < 1.29 is 9.32 Å². The van der Waals surface area contributed by atoms with Gasteiger partial charge in [0.25, 0.3) is 0 Å². The molecule has 0 fully saturated rings. The highest BCUT2D eigenvalue weighted by Crippen LogP contribution is 2.11. The molecule has 1 aromatic rings. The quantitative estimate of drug-likeness (QED) is 0.825. The number of hydrogen-bond acceptors (Lipinski definition) is 4. The number of carbonyl (C=O) groups is 1. The zero-order valence-corrected chi connectivity index (χ0v) is 10.5. The molecule has 0 aliphatic rings. The van der Waals surface area contributed by atoms with E-state index in [-0.39, 0.29) is 11.9 Å². The normalized spacial score (nSPS) is 12.6. The van der Waals surface area contributed by atoms with Gasteiger partial charge in [-0.3, -0.25) is 4.79 Å². The molecule has 5 heteroatoms. The van der Waals surface area contributed by atoms with Gasteiger partial charge in [-0.1, -0.05) is 5.16 Å². The second-order valence-electron chi connectivity index (χ2n) is 4.14. The molecule has 1 rings (SSSR count). The van der Waals surface area contributed by atoms with E-state index in [1.165, 1.54) is 0 Å². The summed E-state index contributed by atoms with van der Waals surface area (Å²) in [5.74, 6) is 0.862. The zero-order chi connectivity index (χ0) is 12.3. The molecule has 16 heavy (non-hydrogen) atoms. The highest BCUT2D eigenvalue weighted by Gasteiger charge is 2.16. The van der Waals surface area contributed by atoms with Gasteiger partial charge in [0.1, 0.15) is 5.76 Å². The molecular formula is C11H19N3O2. The van der Waals surface area contributed by atoms with E-state index in [1.807, 2.05) is 20.8 Å². The molecule has 1 N–H and O–H groups in total. The molecule has 1 atom stereocenters. The Morgan fingerprint density at radius 3 is 2.56 bits per heavy atom. The number of hydrogen-bond donors (Lipinski definition) is 1. The Morgan fingerprint density at radius 1 is 1.50 bits per heavy atom. The molecule has 1 unspecified atom stereocenters. The number of aromatic nitrogens is 1. The number of carbonyl (C=O) groups excluding carboxylic acids is 1. The average molecular weight is 225 g/mol. The number of aryl methyl sites for hydroxylation is 2. The molecule has 0 aliphatic heterocycles. The second kappa shape index (κ2) is 5.12. The minimum atomic E-state index is -0.205. The van der Waals surface area contributed by atoms with Crippen LogP contribution in [-0.4, -0.2) is 36.1 Å². The number of rotatable bonds is 4. The fraction of sp³-hybridized carbons (Fsp3) is 0.636. The molecule has 1 heterocycles. The highest BCUT2D eigenvalue weighted by molar-refractivity contribution is 5.80. The number of likely N-dealkylation sites (N-methyl/N-ethyl adjacent to an activating group) is 1. The van der Waals surface area contributed by atoms with E-state index in [0.29, 0.717) is 6.54 Å². The monoisotopic (exact) mass is 225 g/mol. The predicted octanol–water partition coefficient (Wildman–Crippen LogP) is 0.858. The molecule has 1 aromatic heterocycles. The topological polar surface area (TPSA) is 58.4 Å². The summed E-state index contributed by atoms with van der Waals surface area (Å²) in [6.07, 6.45) is 0. The number of nitrogens with one attached hydrogen (secondary N) is 1. The summed E-state index contributed by atoms with van der Waals surface area (Å²) in [5, 5.41) is 7.02. The largest absolute Gasteiger partial charge is 0.361 e. The fourth-order valence-electron chi connectivity index (χ4n) is 1.48. The van der Waals surface area contributed by atoms with Crippen molar-refractivity contribution in [2.24, 2.45) is 0 Å². The smallest absolute Gasteiger partial charge is 0.238 e. The van der Waals surface area contributed by atoms with Gasteiger partial charge in [0.15, 0.2) is 0 Å². The summed E-state index contributed by atoms with van der Waals surface area (Å²) in [6.45, 7) is 6.21. The summed E-state index contributed by atoms with van der Waals surface area (Å²) in [7, 11) is 3.49. The van der Waals surface area contributed by atoms with Crippen molar-refractivity contribution in [2.45, 2.75) is 33.4 Å². The van der Waals surface area contributed by atoms with Gasteiger partial charge >= 0.3 is 0 Å². The van der Waals surface area contributed by atoms with Crippen LogP contribution in [0, 0.1) is 13.8 Å². The van der Waals surface area contributed by atoms with Gasteiger partial charge in [-0.15, -0.1) is 0 Å². The van der Waals surface area contributed by atoms with E-state index in [1.54, 1.807) is 19.0 Å². The van der Waals surface area contributed by atoms with Crippen LogP contribution in [0.4, 0.5) is 0 Å². The minimum absolute atomic E-state index is 0.0618. The van der Waals surface area contributed by atoms with Crippen LogP contribution >= 0.6 is 0 Å². The fourth-order valence-corrected chi connectivity index (χ4v) is 1.48. The van der Waals surface area contributed by atoms with E-state index in [0.717, 1.165) is 17.0 Å². The Balaban J connectivity index is 2.55. The molecule has 5 nitrogen and oxygen atoms in total. The lowest BCUT2D eigenvalue weighted by atomic mass is 10.2. The van der Waals surface area contributed by atoms with Gasteiger partial charge < -0.3 is 14.7 Å². The van der Waals surface area contributed by atoms with Gasteiger partial charge in [-0.25, -0.2) is 0 Å². The van der Waals surface area contributed by atoms with Gasteiger partial charge in [-0.2, -0.15) is 0 Å². The SMILES string of the molecule is Cc1noc(C)c1CNC(C)C(=O)N(C)C. The highest BCUT2D eigenvalue weighted by atomic mass is 16.5. The third-order valence-corrected chi connectivity index (χ3v) is 2.58. The molecule has 1 amide bonds. The Labute approximate surface area is 95.8 Å². The van der Waals surface area contributed by atoms with E-state index in [4.69, 9.17) is 4.52 Å². The van der Waals surface area contributed by atoms with Crippen molar-refractivity contribution in [3.05, 3.63) is 17.0 Å². The van der Waals surface area contributed by atoms with Crippen molar-refractivity contribution in [1.82, 2.24) is 15.4 Å². The van der Waals surface area contributed by atoms with Crippen LogP contribution in [0.3, 0.4) is 0 Å². The Morgan fingerprint density at radius 2 is 2.12 bits per heavy atom.